The summed E-state index contributed by atoms with van der Waals surface area (Å²) in [5.74, 6) is -0.296. The largest absolute Gasteiger partial charge is 0.311 e. The number of hydrogen-bond acceptors (Lipinski definition) is 3. The van der Waals surface area contributed by atoms with E-state index in [1.807, 2.05) is 12.1 Å². The molecule has 0 amide bonds. The van der Waals surface area contributed by atoms with Crippen LogP contribution in [-0.4, -0.2) is 33.9 Å². The predicted molar refractivity (Wildman–Crippen MR) is 95.7 cm³/mol. The fourth-order valence-electron chi connectivity index (χ4n) is 2.59. The second-order valence-electron chi connectivity index (χ2n) is 6.16. The maximum atomic E-state index is 13.1. The minimum absolute atomic E-state index is 0.293. The second-order valence-corrected chi connectivity index (χ2v) is 8.17. The van der Waals surface area contributed by atoms with Gasteiger partial charge in [-0.1, -0.05) is 24.3 Å². The molecular weight excluding hydrogens is 344 g/mol. The first-order valence-corrected chi connectivity index (χ1v) is 10.1. The van der Waals surface area contributed by atoms with E-state index in [-0.39, 0.29) is 11.9 Å². The molecule has 0 saturated heterocycles. The van der Waals surface area contributed by atoms with E-state index in [2.05, 4.69) is 5.32 Å². The average molecular weight is 367 g/mol. The van der Waals surface area contributed by atoms with Crippen LogP contribution >= 0.6 is 0 Å². The maximum absolute atomic E-state index is 13.1. The lowest BCUT2D eigenvalue weighted by atomic mass is 10.1. The van der Waals surface area contributed by atoms with Crippen molar-refractivity contribution in [3.8, 4) is 0 Å². The van der Waals surface area contributed by atoms with Gasteiger partial charge in [0.15, 0.2) is 9.84 Å². The molecule has 0 spiro atoms. The molecule has 0 bridgehead atoms. The van der Waals surface area contributed by atoms with Gasteiger partial charge in [0.2, 0.25) is 0 Å². The molecule has 0 saturated carbocycles. The number of benzene rings is 2. The Morgan fingerprint density at radius 1 is 1.00 bits per heavy atom. The lowest BCUT2D eigenvalue weighted by molar-refractivity contribution is 0.371. The third-order valence-electron chi connectivity index (χ3n) is 4.01. The van der Waals surface area contributed by atoms with E-state index in [1.54, 1.807) is 24.3 Å². The van der Waals surface area contributed by atoms with E-state index < -0.39 is 16.5 Å². The summed E-state index contributed by atoms with van der Waals surface area (Å²) in [4.78, 5) is 0.311. The van der Waals surface area contributed by atoms with Crippen LogP contribution in [0.5, 0.6) is 0 Å². The predicted octanol–water partition coefficient (Wildman–Crippen LogP) is 3.33. The van der Waals surface area contributed by atoms with E-state index in [4.69, 9.17) is 0 Å². The van der Waals surface area contributed by atoms with Crippen molar-refractivity contribution in [2.45, 2.75) is 30.2 Å². The quantitative estimate of drug-likeness (QED) is 0.692. The van der Waals surface area contributed by atoms with Crippen LogP contribution in [0.4, 0.5) is 8.78 Å². The topological polar surface area (TPSA) is 46.2 Å². The normalized spacial score (nSPS) is 12.9. The standard InChI is InChI=1S/C19H23F2NO2S/c1-25(23,24)19-10-6-15(7-11-19)3-2-12-22-18(14-20)13-16-4-8-17(21)9-5-16/h4-11,18,22H,2-3,12-14H2,1H3. The van der Waals surface area contributed by atoms with E-state index >= 15 is 0 Å². The van der Waals surface area contributed by atoms with Crippen LogP contribution in [0, 0.1) is 5.82 Å². The van der Waals surface area contributed by atoms with Gasteiger partial charge in [-0.3, -0.25) is 0 Å². The van der Waals surface area contributed by atoms with Gasteiger partial charge in [-0.2, -0.15) is 0 Å². The Morgan fingerprint density at radius 3 is 2.16 bits per heavy atom. The van der Waals surface area contributed by atoms with Gasteiger partial charge in [-0.05, 0) is 61.2 Å². The van der Waals surface area contributed by atoms with Gasteiger partial charge in [-0.25, -0.2) is 17.2 Å². The van der Waals surface area contributed by atoms with E-state index in [9.17, 15) is 17.2 Å². The Hall–Kier alpha value is -1.79. The summed E-state index contributed by atoms with van der Waals surface area (Å²) in [7, 11) is -3.17. The fourth-order valence-corrected chi connectivity index (χ4v) is 3.22. The van der Waals surface area contributed by atoms with Gasteiger partial charge < -0.3 is 5.32 Å². The van der Waals surface area contributed by atoms with Crippen molar-refractivity contribution in [1.29, 1.82) is 0 Å². The Morgan fingerprint density at radius 2 is 1.60 bits per heavy atom. The van der Waals surface area contributed by atoms with Crippen molar-refractivity contribution in [2.24, 2.45) is 0 Å². The monoisotopic (exact) mass is 367 g/mol. The maximum Gasteiger partial charge on any atom is 0.175 e. The first-order chi connectivity index (χ1) is 11.9. The summed E-state index contributed by atoms with van der Waals surface area (Å²) in [6, 6.07) is 12.6. The van der Waals surface area contributed by atoms with Crippen LogP contribution in [0.2, 0.25) is 0 Å². The molecule has 0 aliphatic carbocycles. The van der Waals surface area contributed by atoms with Gasteiger partial charge >= 0.3 is 0 Å². The zero-order chi connectivity index (χ0) is 18.3. The fraction of sp³-hybridized carbons (Fsp3) is 0.368. The van der Waals surface area contributed by atoms with Crippen molar-refractivity contribution < 1.29 is 17.2 Å². The summed E-state index contributed by atoms with van der Waals surface area (Å²) in [5.41, 5.74) is 1.94. The lowest BCUT2D eigenvalue weighted by Crippen LogP contribution is -2.34. The van der Waals surface area contributed by atoms with Crippen molar-refractivity contribution in [3.05, 3.63) is 65.5 Å². The molecule has 3 nitrogen and oxygen atoms in total. The SMILES string of the molecule is CS(=O)(=O)c1ccc(CCCNC(CF)Cc2ccc(F)cc2)cc1. The number of hydrogen-bond donors (Lipinski definition) is 1. The Bertz CT molecular complexity index is 759. The molecular formula is C19H23F2NO2S. The molecule has 0 fully saturated rings. The number of alkyl halides is 1. The Balaban J connectivity index is 1.76. The Kier molecular flexibility index (Phi) is 7.08. The smallest absolute Gasteiger partial charge is 0.175 e. The van der Waals surface area contributed by atoms with Gasteiger partial charge in [0.05, 0.1) is 4.90 Å². The van der Waals surface area contributed by atoms with E-state index in [0.29, 0.717) is 17.9 Å². The molecule has 6 heteroatoms. The second kappa shape index (κ2) is 9.06. The highest BCUT2D eigenvalue weighted by Crippen LogP contribution is 2.12. The van der Waals surface area contributed by atoms with Crippen molar-refractivity contribution in [2.75, 3.05) is 19.5 Å². The van der Waals surface area contributed by atoms with Gasteiger partial charge in [0.1, 0.15) is 12.5 Å². The van der Waals surface area contributed by atoms with Crippen LogP contribution in [0.3, 0.4) is 0 Å². The molecule has 2 aromatic carbocycles. The van der Waals surface area contributed by atoms with Gasteiger partial charge in [0, 0.05) is 12.3 Å². The van der Waals surface area contributed by atoms with Gasteiger partial charge in [-0.15, -0.1) is 0 Å². The van der Waals surface area contributed by atoms with Crippen molar-refractivity contribution in [3.63, 3.8) is 0 Å². The summed E-state index contributed by atoms with van der Waals surface area (Å²) >= 11 is 0. The number of aryl methyl sites for hydroxylation is 1. The summed E-state index contributed by atoms with van der Waals surface area (Å²) in [5, 5.41) is 3.17. The van der Waals surface area contributed by atoms with E-state index in [1.165, 1.54) is 18.4 Å². The van der Waals surface area contributed by atoms with Crippen LogP contribution in [0.1, 0.15) is 17.5 Å². The highest BCUT2D eigenvalue weighted by atomic mass is 32.2. The highest BCUT2D eigenvalue weighted by molar-refractivity contribution is 7.90. The number of halogens is 2. The van der Waals surface area contributed by atoms with Crippen molar-refractivity contribution in [1.82, 2.24) is 5.32 Å². The van der Waals surface area contributed by atoms with Crippen LogP contribution in [0.15, 0.2) is 53.4 Å². The third kappa shape index (κ3) is 6.55. The van der Waals surface area contributed by atoms with Crippen LogP contribution < -0.4 is 5.32 Å². The summed E-state index contributed by atoms with van der Waals surface area (Å²) < 4.78 is 48.8. The lowest BCUT2D eigenvalue weighted by Gasteiger charge is -2.15. The van der Waals surface area contributed by atoms with Crippen LogP contribution in [-0.2, 0) is 22.7 Å². The molecule has 2 rings (SSSR count). The first kappa shape index (κ1) is 19.5. The molecule has 0 aliphatic rings. The molecule has 2 aromatic rings. The zero-order valence-electron chi connectivity index (χ0n) is 14.2. The van der Waals surface area contributed by atoms with Crippen molar-refractivity contribution >= 4 is 9.84 Å². The summed E-state index contributed by atoms with van der Waals surface area (Å²) in [6.45, 7) is 0.171. The average Bonchev–Trinajstić information content (AvgIpc) is 2.59. The third-order valence-corrected chi connectivity index (χ3v) is 5.14. The molecule has 136 valence electrons. The molecule has 0 heterocycles. The molecule has 25 heavy (non-hydrogen) atoms. The molecule has 1 unspecified atom stereocenters. The van der Waals surface area contributed by atoms with E-state index in [0.717, 1.165) is 24.0 Å². The highest BCUT2D eigenvalue weighted by Gasteiger charge is 2.09. The summed E-state index contributed by atoms with van der Waals surface area (Å²) in [6.07, 6.45) is 3.30. The number of sulfone groups is 1. The number of nitrogens with one attached hydrogen (secondary N) is 1. The molecule has 0 aliphatic heterocycles. The minimum atomic E-state index is -3.17. The number of rotatable bonds is 9. The first-order valence-electron chi connectivity index (χ1n) is 8.21. The van der Waals surface area contributed by atoms with Crippen LogP contribution in [0.25, 0.3) is 0 Å². The van der Waals surface area contributed by atoms with Gasteiger partial charge in [0.25, 0.3) is 0 Å². The molecule has 0 radical (unpaired) electrons. The molecule has 1 N–H and O–H groups in total. The minimum Gasteiger partial charge on any atom is -0.311 e. The zero-order valence-corrected chi connectivity index (χ0v) is 15.0. The molecule has 0 aromatic heterocycles. The molecule has 1 atom stereocenters. The Labute approximate surface area is 148 Å².